The molecule has 2 aromatic carbocycles. The van der Waals surface area contributed by atoms with E-state index in [1.807, 2.05) is 42.5 Å². The van der Waals surface area contributed by atoms with Crippen LogP contribution in [0.3, 0.4) is 0 Å². The van der Waals surface area contributed by atoms with Gasteiger partial charge in [-0.3, -0.25) is 5.43 Å². The number of anilines is 1. The first kappa shape index (κ1) is 19.0. The summed E-state index contributed by atoms with van der Waals surface area (Å²) in [4.78, 5) is 11.5. The van der Waals surface area contributed by atoms with Crippen molar-refractivity contribution in [2.75, 3.05) is 19.6 Å². The van der Waals surface area contributed by atoms with E-state index in [9.17, 15) is 4.79 Å². The Morgan fingerprint density at radius 3 is 2.64 bits per heavy atom. The molecule has 0 fully saturated rings. The Morgan fingerprint density at radius 2 is 1.89 bits per heavy atom. The van der Waals surface area contributed by atoms with E-state index in [1.54, 1.807) is 31.5 Å². The highest BCUT2D eigenvalue weighted by Gasteiger charge is 2.14. The predicted octanol–water partition coefficient (Wildman–Crippen LogP) is 4.10. The third kappa shape index (κ3) is 4.70. The molecule has 0 aliphatic heterocycles. The van der Waals surface area contributed by atoms with E-state index >= 15 is 0 Å². The minimum absolute atomic E-state index is 0.115. The fraction of sp³-hybridized carbons (Fsp3) is 0.143. The number of hydrogen-bond donors (Lipinski definition) is 1. The van der Waals surface area contributed by atoms with Gasteiger partial charge < -0.3 is 18.6 Å². The van der Waals surface area contributed by atoms with Crippen molar-refractivity contribution < 1.29 is 23.4 Å². The zero-order chi connectivity index (χ0) is 19.8. The van der Waals surface area contributed by atoms with Crippen LogP contribution in [0.15, 0.2) is 70.2 Å². The Morgan fingerprint density at radius 1 is 1.07 bits per heavy atom. The molecule has 0 bridgehead atoms. The number of carbonyl (C=O) groups excluding carboxylic acids is 1. The quantitative estimate of drug-likeness (QED) is 0.360. The van der Waals surface area contributed by atoms with Crippen LogP contribution < -0.4 is 14.9 Å². The molecule has 0 atom stereocenters. The molecule has 0 amide bonds. The zero-order valence-corrected chi connectivity index (χ0v) is 15.5. The lowest BCUT2D eigenvalue weighted by atomic mass is 10.2. The average Bonchev–Trinajstić information content (AvgIpc) is 3.21. The normalized spacial score (nSPS) is 10.6. The van der Waals surface area contributed by atoms with Gasteiger partial charge in [0.2, 0.25) is 5.76 Å². The summed E-state index contributed by atoms with van der Waals surface area (Å²) in [6.07, 6.45) is 1.65. The largest absolute Gasteiger partial charge is 0.493 e. The summed E-state index contributed by atoms with van der Waals surface area (Å²) < 4.78 is 21.3. The zero-order valence-electron chi connectivity index (χ0n) is 15.5. The number of benzene rings is 2. The lowest BCUT2D eigenvalue weighted by Gasteiger charge is -2.12. The second-order valence-electron chi connectivity index (χ2n) is 5.66. The molecule has 7 heteroatoms. The molecule has 0 aliphatic carbocycles. The second kappa shape index (κ2) is 9.27. The number of furan rings is 1. The summed E-state index contributed by atoms with van der Waals surface area (Å²) in [7, 11) is 2.86. The number of methoxy groups -OCH3 is 2. The standard InChI is InChI=1S/C21H20N2O5/c1-25-18-10-6-7-15(13-22-23-16-8-4-3-5-9-16)20(18)27-14-17-11-12-19(28-17)21(24)26-2/h3-13,23H,14H2,1-2H3. The third-order valence-corrected chi connectivity index (χ3v) is 3.81. The molecular formula is C21H20N2O5. The molecule has 0 spiro atoms. The van der Waals surface area contributed by atoms with E-state index < -0.39 is 5.97 Å². The predicted molar refractivity (Wildman–Crippen MR) is 105 cm³/mol. The SMILES string of the molecule is COC(=O)c1ccc(COc2c(C=NNc3ccccc3)cccc2OC)o1. The first-order valence-electron chi connectivity index (χ1n) is 8.52. The van der Waals surface area contributed by atoms with Crippen molar-refractivity contribution in [1.82, 2.24) is 0 Å². The monoisotopic (exact) mass is 380 g/mol. The van der Waals surface area contributed by atoms with Crippen LogP contribution in [0.1, 0.15) is 21.9 Å². The van der Waals surface area contributed by atoms with Crippen LogP contribution in [0.5, 0.6) is 11.5 Å². The molecule has 1 N–H and O–H groups in total. The highest BCUT2D eigenvalue weighted by molar-refractivity contribution is 5.86. The first-order valence-corrected chi connectivity index (χ1v) is 8.52. The minimum atomic E-state index is -0.539. The Bertz CT molecular complexity index is 950. The number of para-hydroxylation sites is 2. The van der Waals surface area contributed by atoms with Gasteiger partial charge in [0, 0.05) is 5.56 Å². The van der Waals surface area contributed by atoms with Crippen molar-refractivity contribution in [2.45, 2.75) is 6.61 Å². The van der Waals surface area contributed by atoms with E-state index in [-0.39, 0.29) is 12.4 Å². The molecule has 0 radical (unpaired) electrons. The molecule has 3 rings (SSSR count). The van der Waals surface area contributed by atoms with Gasteiger partial charge in [-0.1, -0.05) is 24.3 Å². The van der Waals surface area contributed by atoms with Gasteiger partial charge in [-0.2, -0.15) is 5.10 Å². The van der Waals surface area contributed by atoms with Gasteiger partial charge in [0.25, 0.3) is 0 Å². The molecule has 0 aliphatic rings. The van der Waals surface area contributed by atoms with E-state index in [0.717, 1.165) is 11.3 Å². The van der Waals surface area contributed by atoms with Crippen LogP contribution in [0, 0.1) is 0 Å². The van der Waals surface area contributed by atoms with Crippen LogP contribution >= 0.6 is 0 Å². The van der Waals surface area contributed by atoms with Gasteiger partial charge in [-0.25, -0.2) is 4.79 Å². The highest BCUT2D eigenvalue weighted by Crippen LogP contribution is 2.31. The number of nitrogens with one attached hydrogen (secondary N) is 1. The molecule has 28 heavy (non-hydrogen) atoms. The number of esters is 1. The average molecular weight is 380 g/mol. The summed E-state index contributed by atoms with van der Waals surface area (Å²) in [6, 6.07) is 18.3. The fourth-order valence-corrected chi connectivity index (χ4v) is 2.45. The maximum absolute atomic E-state index is 11.5. The van der Waals surface area contributed by atoms with Crippen LogP contribution in [-0.4, -0.2) is 26.4 Å². The lowest BCUT2D eigenvalue weighted by molar-refractivity contribution is 0.0561. The number of hydrazone groups is 1. The first-order chi connectivity index (χ1) is 13.7. The summed E-state index contributed by atoms with van der Waals surface area (Å²) in [6.45, 7) is 0.115. The summed E-state index contributed by atoms with van der Waals surface area (Å²) in [5.74, 6) is 1.14. The van der Waals surface area contributed by atoms with E-state index in [2.05, 4.69) is 15.3 Å². The third-order valence-electron chi connectivity index (χ3n) is 3.81. The van der Waals surface area contributed by atoms with Gasteiger partial charge in [0.15, 0.2) is 11.5 Å². The van der Waals surface area contributed by atoms with E-state index in [0.29, 0.717) is 17.3 Å². The van der Waals surface area contributed by atoms with Crippen molar-refractivity contribution in [2.24, 2.45) is 5.10 Å². The van der Waals surface area contributed by atoms with Gasteiger partial charge in [0.1, 0.15) is 12.4 Å². The maximum atomic E-state index is 11.5. The molecule has 0 saturated heterocycles. The van der Waals surface area contributed by atoms with E-state index in [4.69, 9.17) is 13.9 Å². The topological polar surface area (TPSA) is 82.3 Å². The van der Waals surface area contributed by atoms with Crippen molar-refractivity contribution in [3.63, 3.8) is 0 Å². The molecule has 0 unspecified atom stereocenters. The number of rotatable bonds is 8. The van der Waals surface area contributed by atoms with Crippen LogP contribution in [0.2, 0.25) is 0 Å². The second-order valence-corrected chi connectivity index (χ2v) is 5.66. The van der Waals surface area contributed by atoms with Crippen LogP contribution in [-0.2, 0) is 11.3 Å². The summed E-state index contributed by atoms with van der Waals surface area (Å²) >= 11 is 0. The van der Waals surface area contributed by atoms with Gasteiger partial charge in [-0.15, -0.1) is 0 Å². The molecule has 144 valence electrons. The molecule has 1 heterocycles. The Labute approximate surface area is 162 Å². The Balaban J connectivity index is 1.74. The molecule has 0 saturated carbocycles. The molecule has 7 nitrogen and oxygen atoms in total. The number of carbonyl (C=O) groups is 1. The maximum Gasteiger partial charge on any atom is 0.373 e. The Kier molecular flexibility index (Phi) is 6.30. The fourth-order valence-electron chi connectivity index (χ4n) is 2.45. The summed E-state index contributed by atoms with van der Waals surface area (Å²) in [5.41, 5.74) is 4.55. The van der Waals surface area contributed by atoms with Crippen LogP contribution in [0.25, 0.3) is 0 Å². The minimum Gasteiger partial charge on any atom is -0.493 e. The smallest absolute Gasteiger partial charge is 0.373 e. The Hall–Kier alpha value is -3.74. The molecule has 1 aromatic heterocycles. The van der Waals surface area contributed by atoms with Crippen molar-refractivity contribution in [1.29, 1.82) is 0 Å². The number of ether oxygens (including phenoxy) is 3. The lowest BCUT2D eigenvalue weighted by Crippen LogP contribution is -2.01. The van der Waals surface area contributed by atoms with Gasteiger partial charge in [0.05, 0.1) is 26.1 Å². The van der Waals surface area contributed by atoms with Crippen LogP contribution in [0.4, 0.5) is 5.69 Å². The molecule has 3 aromatic rings. The number of nitrogens with zero attached hydrogens (tertiary/aromatic N) is 1. The van der Waals surface area contributed by atoms with Crippen molar-refractivity contribution in [3.8, 4) is 11.5 Å². The van der Waals surface area contributed by atoms with Crippen molar-refractivity contribution in [3.05, 3.63) is 77.7 Å². The van der Waals surface area contributed by atoms with Gasteiger partial charge in [-0.05, 0) is 36.4 Å². The molecular weight excluding hydrogens is 360 g/mol. The van der Waals surface area contributed by atoms with E-state index in [1.165, 1.54) is 7.11 Å². The summed E-state index contributed by atoms with van der Waals surface area (Å²) in [5, 5.41) is 4.25. The van der Waals surface area contributed by atoms with Crippen molar-refractivity contribution >= 4 is 17.9 Å². The highest BCUT2D eigenvalue weighted by atomic mass is 16.5. The van der Waals surface area contributed by atoms with Gasteiger partial charge >= 0.3 is 5.97 Å². The number of hydrogen-bond acceptors (Lipinski definition) is 7.